The van der Waals surface area contributed by atoms with Crippen molar-refractivity contribution in [2.24, 2.45) is 0 Å². The minimum Gasteiger partial charge on any atom is -0.493 e. The summed E-state index contributed by atoms with van der Waals surface area (Å²) in [5.74, 6) is -0.434. The molecule has 0 aromatic heterocycles. The average Bonchev–Trinajstić information content (AvgIpc) is 2.87. The lowest BCUT2D eigenvalue weighted by atomic mass is 9.98. The van der Waals surface area contributed by atoms with Crippen LogP contribution >= 0.6 is 0 Å². The van der Waals surface area contributed by atoms with Crippen LogP contribution < -0.4 is 30.4 Å². The Morgan fingerprint density at radius 3 is 1.72 bits per heavy atom. The van der Waals surface area contributed by atoms with Crippen LogP contribution in [0.4, 0.5) is 0 Å². The molecule has 0 aliphatic heterocycles. The van der Waals surface area contributed by atoms with Gasteiger partial charge in [-0.3, -0.25) is 25.2 Å². The number of hydrogen-bond donors (Lipinski definition) is 3. The first-order chi connectivity index (χ1) is 17.5. The first-order valence-corrected chi connectivity index (χ1v) is 12.7. The quantitative estimate of drug-likeness (QED) is 0.438. The normalized spacial score (nSPS) is 15.5. The number of hydrogen-bond acceptors (Lipinski definition) is 7. The second kappa shape index (κ2) is 16.6. The third-order valence-corrected chi connectivity index (χ3v) is 6.18. The van der Waals surface area contributed by atoms with Crippen LogP contribution in [0.2, 0.25) is 0 Å². The van der Waals surface area contributed by atoms with Gasteiger partial charge in [-0.2, -0.15) is 0 Å². The van der Waals surface area contributed by atoms with E-state index in [9.17, 15) is 14.4 Å². The van der Waals surface area contributed by atoms with Crippen LogP contribution in [0.25, 0.3) is 0 Å². The minimum atomic E-state index is -0.588. The number of amides is 3. The summed E-state index contributed by atoms with van der Waals surface area (Å²) in [4.78, 5) is 36.8. The SMILES string of the molecule is COc1cc(C(=O)NNC(=O)COCC(=O)NC2CCCCCCCCCCC2)cc(OC)c1OC. The Hall–Kier alpha value is -3.01. The average molecular weight is 508 g/mol. The monoisotopic (exact) mass is 507 g/mol. The number of benzene rings is 1. The van der Waals surface area contributed by atoms with Crippen LogP contribution in [0.15, 0.2) is 12.1 Å². The number of nitrogens with one attached hydrogen (secondary N) is 3. The Morgan fingerprint density at radius 2 is 1.22 bits per heavy atom. The van der Waals surface area contributed by atoms with Crippen molar-refractivity contribution in [1.29, 1.82) is 0 Å². The van der Waals surface area contributed by atoms with Gasteiger partial charge in [0.05, 0.1) is 21.3 Å². The van der Waals surface area contributed by atoms with Crippen molar-refractivity contribution in [2.75, 3.05) is 34.5 Å². The Kier molecular flexibility index (Phi) is 13.5. The Bertz CT molecular complexity index is 810. The maximum absolute atomic E-state index is 12.4. The molecule has 0 radical (unpaired) electrons. The Balaban J connectivity index is 1.73. The molecule has 1 aliphatic rings. The highest BCUT2D eigenvalue weighted by molar-refractivity contribution is 5.96. The molecule has 10 heteroatoms. The summed E-state index contributed by atoms with van der Waals surface area (Å²) in [6.45, 7) is -0.585. The number of carbonyl (C=O) groups excluding carboxylic acids is 3. The molecular weight excluding hydrogens is 466 g/mol. The summed E-state index contributed by atoms with van der Waals surface area (Å²) in [6, 6.07) is 3.07. The minimum absolute atomic E-state index is 0.145. The number of carbonyl (C=O) groups is 3. The summed E-state index contributed by atoms with van der Waals surface area (Å²) in [7, 11) is 4.34. The van der Waals surface area contributed by atoms with Gasteiger partial charge in [0.15, 0.2) is 11.5 Å². The first kappa shape index (κ1) is 29.2. The third-order valence-electron chi connectivity index (χ3n) is 6.18. The fraction of sp³-hybridized carbons (Fsp3) is 0.654. The van der Waals surface area contributed by atoms with E-state index in [1.165, 1.54) is 78.4 Å². The molecule has 0 atom stereocenters. The van der Waals surface area contributed by atoms with E-state index in [0.29, 0.717) is 17.2 Å². The zero-order chi connectivity index (χ0) is 26.2. The lowest BCUT2D eigenvalue weighted by Gasteiger charge is -2.19. The molecule has 3 N–H and O–H groups in total. The van der Waals surface area contributed by atoms with Crippen molar-refractivity contribution < 1.29 is 33.3 Å². The molecule has 3 amide bonds. The van der Waals surface area contributed by atoms with Crippen LogP contribution in [-0.2, 0) is 14.3 Å². The summed E-state index contributed by atoms with van der Waals surface area (Å²) in [5, 5.41) is 3.05. The third kappa shape index (κ3) is 10.3. The highest BCUT2D eigenvalue weighted by Gasteiger charge is 2.18. The zero-order valence-corrected chi connectivity index (χ0v) is 21.8. The van der Waals surface area contributed by atoms with Gasteiger partial charge < -0.3 is 24.3 Å². The van der Waals surface area contributed by atoms with E-state index in [1.54, 1.807) is 0 Å². The number of hydrazine groups is 1. The molecule has 202 valence electrons. The second-order valence-electron chi connectivity index (χ2n) is 8.93. The van der Waals surface area contributed by atoms with Crippen LogP contribution in [0.1, 0.15) is 81.0 Å². The molecule has 36 heavy (non-hydrogen) atoms. The van der Waals surface area contributed by atoms with Gasteiger partial charge in [0.25, 0.3) is 11.8 Å². The van der Waals surface area contributed by atoms with Gasteiger partial charge in [-0.15, -0.1) is 0 Å². The molecule has 0 heterocycles. The number of methoxy groups -OCH3 is 3. The molecule has 1 fully saturated rings. The van der Waals surface area contributed by atoms with E-state index in [-0.39, 0.29) is 30.7 Å². The van der Waals surface area contributed by atoms with E-state index >= 15 is 0 Å². The van der Waals surface area contributed by atoms with Crippen molar-refractivity contribution >= 4 is 17.7 Å². The molecule has 1 aromatic rings. The maximum atomic E-state index is 12.4. The highest BCUT2D eigenvalue weighted by atomic mass is 16.5. The molecule has 0 saturated heterocycles. The summed E-state index contributed by atoms with van der Waals surface area (Å²) in [5.41, 5.74) is 4.77. The van der Waals surface area contributed by atoms with Gasteiger partial charge in [-0.1, -0.05) is 57.8 Å². The number of rotatable bonds is 9. The lowest BCUT2D eigenvalue weighted by molar-refractivity contribution is -0.131. The Morgan fingerprint density at radius 1 is 0.722 bits per heavy atom. The van der Waals surface area contributed by atoms with Crippen LogP contribution in [0, 0.1) is 0 Å². The van der Waals surface area contributed by atoms with Gasteiger partial charge in [0, 0.05) is 11.6 Å². The highest BCUT2D eigenvalue weighted by Crippen LogP contribution is 2.38. The molecule has 1 aromatic carbocycles. The topological polar surface area (TPSA) is 124 Å². The van der Waals surface area contributed by atoms with Crippen LogP contribution in [-0.4, -0.2) is 58.3 Å². The van der Waals surface area contributed by atoms with E-state index in [4.69, 9.17) is 18.9 Å². The van der Waals surface area contributed by atoms with E-state index in [0.717, 1.165) is 25.7 Å². The molecule has 1 aliphatic carbocycles. The lowest BCUT2D eigenvalue weighted by Crippen LogP contribution is -2.44. The van der Waals surface area contributed by atoms with E-state index in [1.807, 2.05) is 0 Å². The van der Waals surface area contributed by atoms with Crippen LogP contribution in [0.3, 0.4) is 0 Å². The Labute approximate surface area is 213 Å². The molecule has 1 saturated carbocycles. The van der Waals surface area contributed by atoms with Crippen molar-refractivity contribution in [3.8, 4) is 17.2 Å². The van der Waals surface area contributed by atoms with Crippen molar-refractivity contribution in [1.82, 2.24) is 16.2 Å². The van der Waals surface area contributed by atoms with Crippen LogP contribution in [0.5, 0.6) is 17.2 Å². The summed E-state index contributed by atoms with van der Waals surface area (Å²) in [6.07, 6.45) is 13.0. The van der Waals surface area contributed by atoms with Crippen molar-refractivity contribution in [2.45, 2.75) is 76.7 Å². The van der Waals surface area contributed by atoms with E-state index in [2.05, 4.69) is 16.2 Å². The standard InChI is InChI=1S/C26H41N3O7/c1-33-21-15-19(16-22(34-2)25(21)35-3)26(32)29-28-24(31)18-36-17-23(30)27-20-13-11-9-7-5-4-6-8-10-12-14-20/h15-16,20H,4-14,17-18H2,1-3H3,(H,27,30)(H,28,31)(H,29,32). The van der Waals surface area contributed by atoms with Crippen molar-refractivity contribution in [3.63, 3.8) is 0 Å². The van der Waals surface area contributed by atoms with Crippen molar-refractivity contribution in [3.05, 3.63) is 17.7 Å². The number of ether oxygens (including phenoxy) is 4. The largest absolute Gasteiger partial charge is 0.493 e. The van der Waals surface area contributed by atoms with Gasteiger partial charge in [-0.25, -0.2) is 0 Å². The molecule has 0 unspecified atom stereocenters. The molecule has 0 bridgehead atoms. The molecular formula is C26H41N3O7. The zero-order valence-electron chi connectivity index (χ0n) is 21.8. The fourth-order valence-corrected chi connectivity index (χ4v) is 4.26. The van der Waals surface area contributed by atoms with Gasteiger partial charge in [0.2, 0.25) is 11.7 Å². The maximum Gasteiger partial charge on any atom is 0.269 e. The van der Waals surface area contributed by atoms with E-state index < -0.39 is 11.8 Å². The van der Waals surface area contributed by atoms with Gasteiger partial charge >= 0.3 is 0 Å². The smallest absolute Gasteiger partial charge is 0.269 e. The molecule has 10 nitrogen and oxygen atoms in total. The predicted octanol–water partition coefficient (Wildman–Crippen LogP) is 3.28. The summed E-state index contributed by atoms with van der Waals surface area (Å²) >= 11 is 0. The first-order valence-electron chi connectivity index (χ1n) is 12.7. The summed E-state index contributed by atoms with van der Waals surface area (Å²) < 4.78 is 20.9. The fourth-order valence-electron chi connectivity index (χ4n) is 4.26. The second-order valence-corrected chi connectivity index (χ2v) is 8.93. The van der Waals surface area contributed by atoms with Gasteiger partial charge in [-0.05, 0) is 25.0 Å². The predicted molar refractivity (Wildman–Crippen MR) is 135 cm³/mol. The molecule has 0 spiro atoms. The van der Waals surface area contributed by atoms with Gasteiger partial charge in [0.1, 0.15) is 13.2 Å². The molecule has 2 rings (SSSR count).